The summed E-state index contributed by atoms with van der Waals surface area (Å²) in [6, 6.07) is 7.55. The fourth-order valence-electron chi connectivity index (χ4n) is 2.11. The van der Waals surface area contributed by atoms with Crippen molar-refractivity contribution in [1.82, 2.24) is 5.32 Å². The van der Waals surface area contributed by atoms with Gasteiger partial charge in [0, 0.05) is 23.2 Å². The zero-order valence-corrected chi connectivity index (χ0v) is 14.8. The van der Waals surface area contributed by atoms with Gasteiger partial charge in [-0.15, -0.1) is 0 Å². The summed E-state index contributed by atoms with van der Waals surface area (Å²) in [5, 5.41) is 12.0. The molecule has 0 fully saturated rings. The zero-order valence-electron chi connectivity index (χ0n) is 13.3. The Hall–Kier alpha value is -2.02. The Labute approximate surface area is 154 Å². The summed E-state index contributed by atoms with van der Waals surface area (Å²) in [4.78, 5) is 10.5. The summed E-state index contributed by atoms with van der Waals surface area (Å²) in [7, 11) is 1.46. The minimum atomic E-state index is -0.968. The number of nitrogens with one attached hydrogen (secondary N) is 1. The monoisotopic (exact) mass is 387 g/mol. The third-order valence-corrected chi connectivity index (χ3v) is 4.06. The van der Waals surface area contributed by atoms with Gasteiger partial charge in [-0.05, 0) is 23.8 Å². The molecule has 2 N–H and O–H groups in total. The maximum absolute atomic E-state index is 13.8. The summed E-state index contributed by atoms with van der Waals surface area (Å²) in [6.07, 6.45) is 0. The first-order chi connectivity index (χ1) is 11.9. The molecule has 2 aromatic carbocycles. The molecule has 2 aromatic rings. The second-order valence-electron chi connectivity index (χ2n) is 5.08. The predicted molar refractivity (Wildman–Crippen MR) is 93.1 cm³/mol. The molecular weight excluding hydrogens is 372 g/mol. The minimum Gasteiger partial charge on any atom is -0.493 e. The molecular formula is C17H16Cl2FNO4. The molecule has 134 valence electrons. The molecule has 0 saturated heterocycles. The highest BCUT2D eigenvalue weighted by atomic mass is 35.5. The molecule has 0 amide bonds. The van der Waals surface area contributed by atoms with Crippen molar-refractivity contribution in [2.45, 2.75) is 13.2 Å². The first-order valence-corrected chi connectivity index (χ1v) is 8.02. The van der Waals surface area contributed by atoms with Crippen molar-refractivity contribution in [3.63, 3.8) is 0 Å². The summed E-state index contributed by atoms with van der Waals surface area (Å²) >= 11 is 12.2. The van der Waals surface area contributed by atoms with Crippen LogP contribution in [0.3, 0.4) is 0 Å². The number of carboxylic acid groups (broad SMARTS) is 1. The molecule has 0 aliphatic carbocycles. The van der Waals surface area contributed by atoms with Crippen molar-refractivity contribution in [1.29, 1.82) is 0 Å². The zero-order chi connectivity index (χ0) is 18.4. The standard InChI is InChI=1S/C17H16Cl2FNO4/c1-24-15-5-10(7-21-8-17(22)23)13(19)6-16(15)25-9-11-12(18)3-2-4-14(11)20/h2-6,21H,7-9H2,1H3,(H,22,23). The lowest BCUT2D eigenvalue weighted by Gasteiger charge is -2.15. The Balaban J connectivity index is 2.15. The number of halogens is 3. The average molecular weight is 388 g/mol. The molecule has 25 heavy (non-hydrogen) atoms. The van der Waals surface area contributed by atoms with Crippen LogP contribution < -0.4 is 14.8 Å². The van der Waals surface area contributed by atoms with Crippen LogP contribution in [0.25, 0.3) is 0 Å². The quantitative estimate of drug-likeness (QED) is 0.718. The fourth-order valence-corrected chi connectivity index (χ4v) is 2.55. The van der Waals surface area contributed by atoms with E-state index in [4.69, 9.17) is 37.8 Å². The summed E-state index contributed by atoms with van der Waals surface area (Å²) in [5.41, 5.74) is 0.880. The topological polar surface area (TPSA) is 67.8 Å². The molecule has 0 radical (unpaired) electrons. The van der Waals surface area contributed by atoms with E-state index in [1.165, 1.54) is 25.3 Å². The summed E-state index contributed by atoms with van der Waals surface area (Å²) in [5.74, 6) is -0.713. The molecule has 0 bridgehead atoms. The molecule has 0 atom stereocenters. The van der Waals surface area contributed by atoms with Crippen LogP contribution in [0.15, 0.2) is 30.3 Å². The van der Waals surface area contributed by atoms with Gasteiger partial charge in [-0.2, -0.15) is 0 Å². The van der Waals surface area contributed by atoms with E-state index in [0.29, 0.717) is 22.1 Å². The summed E-state index contributed by atoms with van der Waals surface area (Å²) in [6.45, 7) is -0.0294. The van der Waals surface area contributed by atoms with Crippen molar-refractivity contribution >= 4 is 29.2 Å². The van der Waals surface area contributed by atoms with Crippen LogP contribution in [-0.4, -0.2) is 24.7 Å². The maximum atomic E-state index is 13.8. The van der Waals surface area contributed by atoms with Crippen LogP contribution in [0.5, 0.6) is 11.5 Å². The Bertz CT molecular complexity index is 750. The first kappa shape index (κ1) is 19.3. The third kappa shape index (κ3) is 5.22. The SMILES string of the molecule is COc1cc(CNCC(=O)O)c(Cl)cc1OCc1c(F)cccc1Cl. The van der Waals surface area contributed by atoms with Crippen LogP contribution in [0.2, 0.25) is 10.0 Å². The van der Waals surface area contributed by atoms with E-state index in [0.717, 1.165) is 0 Å². The largest absolute Gasteiger partial charge is 0.493 e. The van der Waals surface area contributed by atoms with E-state index in [2.05, 4.69) is 5.32 Å². The summed E-state index contributed by atoms with van der Waals surface area (Å²) < 4.78 is 24.7. The second kappa shape index (κ2) is 8.89. The van der Waals surface area contributed by atoms with Crippen molar-refractivity contribution in [3.8, 4) is 11.5 Å². The highest BCUT2D eigenvalue weighted by Crippen LogP contribution is 2.34. The van der Waals surface area contributed by atoms with Gasteiger partial charge >= 0.3 is 5.97 Å². The normalized spacial score (nSPS) is 10.6. The van der Waals surface area contributed by atoms with Gasteiger partial charge in [0.25, 0.3) is 0 Å². The number of carboxylic acids is 1. The smallest absolute Gasteiger partial charge is 0.317 e. The Kier molecular flexibility index (Phi) is 6.87. The van der Waals surface area contributed by atoms with Gasteiger partial charge in [0.05, 0.1) is 18.7 Å². The van der Waals surface area contributed by atoms with Gasteiger partial charge in [0.1, 0.15) is 12.4 Å². The molecule has 0 unspecified atom stereocenters. The van der Waals surface area contributed by atoms with E-state index < -0.39 is 11.8 Å². The van der Waals surface area contributed by atoms with E-state index >= 15 is 0 Å². The number of methoxy groups -OCH3 is 1. The number of rotatable bonds is 8. The average Bonchev–Trinajstić information content (AvgIpc) is 2.55. The first-order valence-electron chi connectivity index (χ1n) is 7.27. The van der Waals surface area contributed by atoms with Crippen molar-refractivity contribution in [2.24, 2.45) is 0 Å². The van der Waals surface area contributed by atoms with E-state index in [1.807, 2.05) is 0 Å². The van der Waals surface area contributed by atoms with E-state index in [-0.39, 0.29) is 30.3 Å². The van der Waals surface area contributed by atoms with Crippen LogP contribution >= 0.6 is 23.2 Å². The van der Waals surface area contributed by atoms with Crippen LogP contribution in [0.4, 0.5) is 4.39 Å². The van der Waals surface area contributed by atoms with Crippen LogP contribution in [-0.2, 0) is 17.9 Å². The minimum absolute atomic E-state index is 0.0885. The lowest BCUT2D eigenvalue weighted by atomic mass is 10.2. The van der Waals surface area contributed by atoms with Gasteiger partial charge in [0.2, 0.25) is 0 Å². The van der Waals surface area contributed by atoms with E-state index in [1.54, 1.807) is 12.1 Å². The lowest BCUT2D eigenvalue weighted by Crippen LogP contribution is -2.22. The number of aliphatic carboxylic acids is 1. The number of carbonyl (C=O) groups is 1. The van der Waals surface area contributed by atoms with Gasteiger partial charge in [-0.3, -0.25) is 4.79 Å². The second-order valence-corrected chi connectivity index (χ2v) is 5.90. The number of ether oxygens (including phenoxy) is 2. The molecule has 5 nitrogen and oxygen atoms in total. The number of hydrogen-bond acceptors (Lipinski definition) is 4. The Morgan fingerprint density at radius 3 is 2.64 bits per heavy atom. The lowest BCUT2D eigenvalue weighted by molar-refractivity contribution is -0.135. The third-order valence-electron chi connectivity index (χ3n) is 3.36. The number of benzene rings is 2. The molecule has 0 aliphatic rings. The Morgan fingerprint density at radius 1 is 1.24 bits per heavy atom. The van der Waals surface area contributed by atoms with Gasteiger partial charge in [-0.25, -0.2) is 4.39 Å². The molecule has 0 aliphatic heterocycles. The molecule has 2 rings (SSSR count). The molecule has 0 aromatic heterocycles. The van der Waals surface area contributed by atoms with Gasteiger partial charge in [0.15, 0.2) is 11.5 Å². The molecule has 0 spiro atoms. The van der Waals surface area contributed by atoms with Crippen molar-refractivity contribution < 1.29 is 23.8 Å². The number of hydrogen-bond donors (Lipinski definition) is 2. The fraction of sp³-hybridized carbons (Fsp3) is 0.235. The highest BCUT2D eigenvalue weighted by molar-refractivity contribution is 6.31. The molecule has 0 saturated carbocycles. The highest BCUT2D eigenvalue weighted by Gasteiger charge is 2.13. The van der Waals surface area contributed by atoms with E-state index in [9.17, 15) is 9.18 Å². The maximum Gasteiger partial charge on any atom is 0.317 e. The molecule has 8 heteroatoms. The Morgan fingerprint density at radius 2 is 2.00 bits per heavy atom. The molecule has 0 heterocycles. The van der Waals surface area contributed by atoms with Crippen LogP contribution in [0, 0.1) is 5.82 Å². The van der Waals surface area contributed by atoms with Crippen LogP contribution in [0.1, 0.15) is 11.1 Å². The van der Waals surface area contributed by atoms with Crippen molar-refractivity contribution in [2.75, 3.05) is 13.7 Å². The predicted octanol–water partition coefficient (Wildman–Crippen LogP) is 3.89. The van der Waals surface area contributed by atoms with Gasteiger partial charge < -0.3 is 19.9 Å². The van der Waals surface area contributed by atoms with Crippen molar-refractivity contribution in [3.05, 3.63) is 57.3 Å². The van der Waals surface area contributed by atoms with Gasteiger partial charge in [-0.1, -0.05) is 29.3 Å².